The molecule has 11 heteroatoms. The van der Waals surface area contributed by atoms with Gasteiger partial charge in [0, 0.05) is 12.2 Å². The standard InChI is InChI=1S/C21H18BrF2N2O5P/c1-11-15(17(27)18(25)28)16-13(26(11)10-12-6-3-2-4-7-12)8-5-9-14(16)31-20(23,19(29)30)21(22,24)32/h2-9H,10,32H2,1H3,(H2,25,28)(H,29,30). The van der Waals surface area contributed by atoms with E-state index in [1.54, 1.807) is 17.6 Å². The summed E-state index contributed by atoms with van der Waals surface area (Å²) in [6.07, 6.45) is 0. The monoisotopic (exact) mass is 526 g/mol. The van der Waals surface area contributed by atoms with E-state index in [1.807, 2.05) is 30.3 Å². The van der Waals surface area contributed by atoms with Crippen molar-refractivity contribution in [2.24, 2.45) is 5.73 Å². The summed E-state index contributed by atoms with van der Waals surface area (Å²) in [5.74, 6) is -8.92. The second-order valence-electron chi connectivity index (χ2n) is 7.00. The minimum atomic E-state index is -3.88. The number of carboxylic acids is 1. The molecule has 1 aromatic heterocycles. The van der Waals surface area contributed by atoms with Crippen molar-refractivity contribution in [2.45, 2.75) is 23.6 Å². The molecule has 7 nitrogen and oxygen atoms in total. The van der Waals surface area contributed by atoms with Crippen LogP contribution in [-0.4, -0.2) is 37.5 Å². The zero-order valence-electron chi connectivity index (χ0n) is 16.6. The van der Waals surface area contributed by atoms with Crippen molar-refractivity contribution in [1.82, 2.24) is 4.57 Å². The lowest BCUT2D eigenvalue weighted by Gasteiger charge is -2.29. The fraction of sp³-hybridized carbons (Fsp3) is 0.190. The van der Waals surface area contributed by atoms with Gasteiger partial charge in [0.15, 0.2) is 0 Å². The molecule has 0 aliphatic heterocycles. The molecule has 3 rings (SSSR count). The first-order chi connectivity index (χ1) is 14.9. The number of fused-ring (bicyclic) bond motifs is 1. The molecule has 0 spiro atoms. The molecular formula is C21H18BrF2N2O5P. The Morgan fingerprint density at radius 2 is 1.78 bits per heavy atom. The van der Waals surface area contributed by atoms with Crippen LogP contribution >= 0.6 is 25.2 Å². The molecule has 0 aliphatic carbocycles. The molecule has 1 amide bonds. The molecule has 0 fully saturated rings. The van der Waals surface area contributed by atoms with Gasteiger partial charge in [-0.05, 0) is 40.5 Å². The number of aromatic nitrogens is 1. The highest BCUT2D eigenvalue weighted by Gasteiger charge is 2.59. The van der Waals surface area contributed by atoms with Gasteiger partial charge in [0.05, 0.1) is 16.5 Å². The number of hydrogen-bond donors (Lipinski definition) is 2. The second-order valence-corrected chi connectivity index (χ2v) is 9.80. The van der Waals surface area contributed by atoms with Crippen LogP contribution in [0.3, 0.4) is 0 Å². The molecule has 3 aromatic rings. The number of nitrogens with two attached hydrogens (primary N) is 1. The maximum Gasteiger partial charge on any atom is 0.393 e. The van der Waals surface area contributed by atoms with Gasteiger partial charge in [-0.25, -0.2) is 9.18 Å². The van der Waals surface area contributed by atoms with E-state index in [2.05, 4.69) is 15.9 Å². The van der Waals surface area contributed by atoms with Gasteiger partial charge in [-0.1, -0.05) is 45.6 Å². The lowest BCUT2D eigenvalue weighted by atomic mass is 10.1. The Morgan fingerprint density at radius 1 is 1.16 bits per heavy atom. The molecule has 168 valence electrons. The lowest BCUT2D eigenvalue weighted by Crippen LogP contribution is -2.51. The van der Waals surface area contributed by atoms with E-state index in [4.69, 9.17) is 10.5 Å². The second kappa shape index (κ2) is 8.60. The Hall–Kier alpha value is -2.84. The van der Waals surface area contributed by atoms with Gasteiger partial charge < -0.3 is 20.1 Å². The number of rotatable bonds is 8. The molecule has 0 aliphatic rings. The fourth-order valence-electron chi connectivity index (χ4n) is 3.35. The molecule has 3 atom stereocenters. The van der Waals surface area contributed by atoms with E-state index in [9.17, 15) is 23.9 Å². The van der Waals surface area contributed by atoms with E-state index in [0.717, 1.165) is 5.56 Å². The number of nitrogens with zero attached hydrogens (tertiary/aromatic N) is 1. The number of carbonyl (C=O) groups is 3. The van der Waals surface area contributed by atoms with Crippen molar-refractivity contribution < 1.29 is 33.0 Å². The minimum absolute atomic E-state index is 0.0604. The summed E-state index contributed by atoms with van der Waals surface area (Å²) < 4.78 is 33.0. The summed E-state index contributed by atoms with van der Waals surface area (Å²) in [6, 6.07) is 13.3. The van der Waals surface area contributed by atoms with Gasteiger partial charge in [-0.3, -0.25) is 9.59 Å². The average Bonchev–Trinajstić information content (AvgIpc) is 2.99. The van der Waals surface area contributed by atoms with Crippen LogP contribution in [0.15, 0.2) is 48.5 Å². The van der Waals surface area contributed by atoms with Crippen molar-refractivity contribution in [1.29, 1.82) is 0 Å². The smallest absolute Gasteiger partial charge is 0.393 e. The number of ether oxygens (including phenoxy) is 1. The number of ketones is 1. The van der Waals surface area contributed by atoms with Crippen molar-refractivity contribution in [3.63, 3.8) is 0 Å². The lowest BCUT2D eigenvalue weighted by molar-refractivity contribution is -0.181. The Bertz CT molecular complexity index is 1230. The molecule has 3 N–H and O–H groups in total. The molecule has 0 saturated carbocycles. The number of amides is 1. The predicted molar refractivity (Wildman–Crippen MR) is 120 cm³/mol. The van der Waals surface area contributed by atoms with Gasteiger partial charge in [0.2, 0.25) is 0 Å². The zero-order valence-corrected chi connectivity index (χ0v) is 19.4. The number of carbonyl (C=O) groups excluding carboxylic acids is 2. The molecule has 2 aromatic carbocycles. The topological polar surface area (TPSA) is 112 Å². The van der Waals surface area contributed by atoms with E-state index in [-0.39, 0.29) is 17.5 Å². The molecule has 0 radical (unpaired) electrons. The SMILES string of the molecule is Cc1c(C(=O)C(N)=O)c2c(OC(F)(C(=O)O)C(F)(P)Br)cccc2n1Cc1ccccc1. The third kappa shape index (κ3) is 4.12. The van der Waals surface area contributed by atoms with Crippen LogP contribution in [0.1, 0.15) is 21.6 Å². The maximum atomic E-state index is 15.1. The van der Waals surface area contributed by atoms with Gasteiger partial charge in [-0.2, -0.15) is 4.39 Å². The molecule has 0 saturated heterocycles. The molecule has 32 heavy (non-hydrogen) atoms. The summed E-state index contributed by atoms with van der Waals surface area (Å²) in [4.78, 5) is 35.9. The Morgan fingerprint density at radius 3 is 2.31 bits per heavy atom. The van der Waals surface area contributed by atoms with Crippen molar-refractivity contribution >= 4 is 53.7 Å². The first kappa shape index (κ1) is 23.8. The number of carboxylic acid groups (broad SMARTS) is 1. The van der Waals surface area contributed by atoms with Gasteiger partial charge >= 0.3 is 11.8 Å². The van der Waals surface area contributed by atoms with Crippen molar-refractivity contribution in [3.8, 4) is 5.75 Å². The number of benzene rings is 2. The van der Waals surface area contributed by atoms with Gasteiger partial charge in [0.1, 0.15) is 5.75 Å². The predicted octanol–water partition coefficient (Wildman–Crippen LogP) is 3.69. The highest BCUT2D eigenvalue weighted by molar-refractivity contribution is 9.11. The minimum Gasteiger partial charge on any atom is -0.476 e. The normalized spacial score (nSPS) is 15.0. The highest BCUT2D eigenvalue weighted by Crippen LogP contribution is 2.46. The van der Waals surface area contributed by atoms with Crippen LogP contribution in [-0.2, 0) is 16.1 Å². The van der Waals surface area contributed by atoms with Crippen LogP contribution in [0.25, 0.3) is 10.9 Å². The largest absolute Gasteiger partial charge is 0.476 e. The van der Waals surface area contributed by atoms with Crippen LogP contribution in [0.2, 0.25) is 0 Å². The Kier molecular flexibility index (Phi) is 6.40. The number of halogens is 3. The van der Waals surface area contributed by atoms with Crippen LogP contribution < -0.4 is 10.5 Å². The van der Waals surface area contributed by atoms with Crippen LogP contribution in [0.5, 0.6) is 5.75 Å². The van der Waals surface area contributed by atoms with Gasteiger partial charge in [-0.15, -0.1) is 0 Å². The van der Waals surface area contributed by atoms with Crippen molar-refractivity contribution in [2.75, 3.05) is 0 Å². The zero-order chi connectivity index (χ0) is 23.8. The van der Waals surface area contributed by atoms with Crippen LogP contribution in [0, 0.1) is 6.92 Å². The number of hydrogen-bond acceptors (Lipinski definition) is 4. The summed E-state index contributed by atoms with van der Waals surface area (Å²) in [6.45, 7) is 1.83. The molecule has 1 heterocycles. The van der Waals surface area contributed by atoms with E-state index >= 15 is 4.39 Å². The summed E-state index contributed by atoms with van der Waals surface area (Å²) in [5, 5.41) is 9.23. The average molecular weight is 527 g/mol. The van der Waals surface area contributed by atoms with E-state index < -0.39 is 33.6 Å². The number of Topliss-reactive ketones (excluding diaryl/α,β-unsaturated/α-hetero) is 1. The Balaban J connectivity index is 2.30. The first-order valence-electron chi connectivity index (χ1n) is 9.16. The summed E-state index contributed by atoms with van der Waals surface area (Å²) >= 11 is 2.33. The fourth-order valence-corrected chi connectivity index (χ4v) is 3.79. The van der Waals surface area contributed by atoms with E-state index in [0.29, 0.717) is 11.2 Å². The third-order valence-electron chi connectivity index (χ3n) is 4.90. The van der Waals surface area contributed by atoms with Crippen molar-refractivity contribution in [3.05, 3.63) is 65.4 Å². The molecule has 0 bridgehead atoms. The van der Waals surface area contributed by atoms with Gasteiger partial charge in [0.25, 0.3) is 16.0 Å². The highest BCUT2D eigenvalue weighted by atomic mass is 79.9. The number of alkyl halides is 3. The quantitative estimate of drug-likeness (QED) is 0.201. The third-order valence-corrected chi connectivity index (χ3v) is 5.78. The number of aliphatic carboxylic acids is 1. The number of primary amides is 1. The Labute approximate surface area is 191 Å². The first-order valence-corrected chi connectivity index (χ1v) is 10.5. The summed E-state index contributed by atoms with van der Waals surface area (Å²) in [7, 11) is 1.37. The molecule has 3 unspecified atom stereocenters. The van der Waals surface area contributed by atoms with E-state index in [1.165, 1.54) is 21.4 Å². The van der Waals surface area contributed by atoms with Crippen LogP contribution in [0.4, 0.5) is 8.78 Å². The molecular weight excluding hydrogens is 509 g/mol. The summed E-state index contributed by atoms with van der Waals surface area (Å²) in [5.41, 5.74) is 6.53. The maximum absolute atomic E-state index is 15.1.